The quantitative estimate of drug-likeness (QED) is 0.308. The van der Waals surface area contributed by atoms with E-state index in [2.05, 4.69) is 0 Å². The minimum absolute atomic E-state index is 0.350. The maximum absolute atomic E-state index is 5.25. The van der Waals surface area contributed by atoms with E-state index in [9.17, 15) is 0 Å². The van der Waals surface area contributed by atoms with E-state index in [1.165, 1.54) is 0 Å². The van der Waals surface area contributed by atoms with Crippen molar-refractivity contribution >= 4 is 11.4 Å². The zero-order valence-electron chi connectivity index (χ0n) is 4.44. The van der Waals surface area contributed by atoms with Crippen molar-refractivity contribution in [1.29, 1.82) is 0 Å². The van der Waals surface area contributed by atoms with Crippen molar-refractivity contribution in [2.24, 2.45) is 5.73 Å². The van der Waals surface area contributed by atoms with Crippen LogP contribution in [0.5, 0.6) is 0 Å². The summed E-state index contributed by atoms with van der Waals surface area (Å²) >= 11 is 0. The van der Waals surface area contributed by atoms with Crippen molar-refractivity contribution < 1.29 is 10.8 Å². The molecule has 0 aromatic heterocycles. The SMILES string of the molecule is CC(=[NH2+])C(=[NH2+])CN. The second-order valence-corrected chi connectivity index (χ2v) is 1.41. The first-order chi connectivity index (χ1) is 3.18. The molecule has 0 aromatic rings. The fraction of sp³-hybridized carbons (Fsp3) is 0.500. The van der Waals surface area contributed by atoms with E-state index in [0.29, 0.717) is 18.0 Å². The Morgan fingerprint density at radius 2 is 2.00 bits per heavy atom. The van der Waals surface area contributed by atoms with Crippen molar-refractivity contribution in [1.82, 2.24) is 0 Å². The molecule has 0 rings (SSSR count). The first-order valence-electron chi connectivity index (χ1n) is 2.09. The van der Waals surface area contributed by atoms with Gasteiger partial charge in [0.15, 0.2) is 0 Å². The molecular formula is C4H11N3+2. The van der Waals surface area contributed by atoms with E-state index in [1.54, 1.807) is 6.92 Å². The molecule has 0 spiro atoms. The first kappa shape index (κ1) is 6.30. The Kier molecular flexibility index (Phi) is 2.22. The average Bonchev–Trinajstić information content (AvgIpc) is 1.65. The van der Waals surface area contributed by atoms with Gasteiger partial charge < -0.3 is 5.73 Å². The van der Waals surface area contributed by atoms with Gasteiger partial charge in [-0.1, -0.05) is 0 Å². The lowest BCUT2D eigenvalue weighted by atomic mass is 10.3. The van der Waals surface area contributed by atoms with Crippen molar-refractivity contribution in [3.8, 4) is 0 Å². The van der Waals surface area contributed by atoms with E-state index >= 15 is 0 Å². The summed E-state index contributed by atoms with van der Waals surface area (Å²) in [7, 11) is 0. The smallest absolute Gasteiger partial charge is 0.252 e. The maximum atomic E-state index is 5.25. The summed E-state index contributed by atoms with van der Waals surface area (Å²) in [4.78, 5) is 0. The fourth-order valence-corrected chi connectivity index (χ4v) is 0.161. The third-order valence-corrected chi connectivity index (χ3v) is 0.726. The van der Waals surface area contributed by atoms with E-state index < -0.39 is 0 Å². The summed E-state index contributed by atoms with van der Waals surface area (Å²) in [6, 6.07) is 0. The first-order valence-corrected chi connectivity index (χ1v) is 2.09. The summed E-state index contributed by atoms with van der Waals surface area (Å²) in [5.41, 5.74) is 6.29. The molecule has 0 aliphatic rings. The van der Waals surface area contributed by atoms with E-state index in [4.69, 9.17) is 16.6 Å². The lowest BCUT2D eigenvalue weighted by Crippen LogP contribution is -2.57. The van der Waals surface area contributed by atoms with Gasteiger partial charge in [0.2, 0.25) is 5.71 Å². The molecule has 7 heavy (non-hydrogen) atoms. The molecule has 0 radical (unpaired) electrons. The van der Waals surface area contributed by atoms with Gasteiger partial charge in [0.05, 0.1) is 6.54 Å². The minimum Gasteiger partial charge on any atom is -0.321 e. The van der Waals surface area contributed by atoms with Crippen LogP contribution in [-0.2, 0) is 0 Å². The molecule has 3 nitrogen and oxygen atoms in total. The topological polar surface area (TPSA) is 77.2 Å². The van der Waals surface area contributed by atoms with Crippen LogP contribution in [0.15, 0.2) is 0 Å². The molecule has 0 amide bonds. The molecule has 6 N–H and O–H groups in total. The molecular weight excluding hydrogens is 90.1 g/mol. The molecule has 0 aliphatic carbocycles. The van der Waals surface area contributed by atoms with Crippen LogP contribution >= 0.6 is 0 Å². The lowest BCUT2D eigenvalue weighted by molar-refractivity contribution is -0.134. The Labute approximate surface area is 42.5 Å². The molecule has 0 saturated carbocycles. The monoisotopic (exact) mass is 101 g/mol. The molecule has 40 valence electrons. The van der Waals surface area contributed by atoms with Crippen LogP contribution in [0.3, 0.4) is 0 Å². The molecule has 0 fully saturated rings. The van der Waals surface area contributed by atoms with Gasteiger partial charge in [-0.25, -0.2) is 0 Å². The zero-order valence-corrected chi connectivity index (χ0v) is 4.44. The molecule has 0 bridgehead atoms. The minimum atomic E-state index is 0.350. The summed E-state index contributed by atoms with van der Waals surface area (Å²) < 4.78 is 0. The number of hydrogen-bond acceptors (Lipinski definition) is 1. The van der Waals surface area contributed by atoms with E-state index in [-0.39, 0.29) is 0 Å². The molecule has 0 saturated heterocycles. The van der Waals surface area contributed by atoms with Crippen molar-refractivity contribution in [3.63, 3.8) is 0 Å². The summed E-state index contributed by atoms with van der Waals surface area (Å²) in [5, 5.41) is 10.5. The molecule has 0 aromatic carbocycles. The lowest BCUT2D eigenvalue weighted by Gasteiger charge is -1.79. The highest BCUT2D eigenvalue weighted by atomic mass is 14.6. The van der Waals surface area contributed by atoms with Crippen LogP contribution in [0.1, 0.15) is 6.92 Å². The number of hydrogen-bond donors (Lipinski definition) is 3. The molecule has 0 aliphatic heterocycles. The van der Waals surface area contributed by atoms with Crippen LogP contribution in [0.25, 0.3) is 0 Å². The zero-order chi connectivity index (χ0) is 5.86. The Balaban J connectivity index is 3.58. The largest absolute Gasteiger partial charge is 0.321 e. The van der Waals surface area contributed by atoms with Gasteiger partial charge in [-0.05, 0) is 0 Å². The van der Waals surface area contributed by atoms with Crippen molar-refractivity contribution in [3.05, 3.63) is 0 Å². The van der Waals surface area contributed by atoms with Gasteiger partial charge >= 0.3 is 0 Å². The van der Waals surface area contributed by atoms with Gasteiger partial charge in [0, 0.05) is 6.92 Å². The van der Waals surface area contributed by atoms with E-state index in [0.717, 1.165) is 0 Å². The van der Waals surface area contributed by atoms with Gasteiger partial charge in [-0.15, -0.1) is 0 Å². The highest BCUT2D eigenvalue weighted by molar-refractivity contribution is 6.36. The summed E-state index contributed by atoms with van der Waals surface area (Å²) in [6.07, 6.45) is 0. The van der Waals surface area contributed by atoms with E-state index in [1.807, 2.05) is 0 Å². The van der Waals surface area contributed by atoms with Crippen molar-refractivity contribution in [2.45, 2.75) is 6.92 Å². The van der Waals surface area contributed by atoms with Gasteiger partial charge in [-0.3, -0.25) is 10.8 Å². The predicted octanol–water partition coefficient (Wildman–Crippen LogP) is -3.63. The third kappa shape index (κ3) is 2.05. The summed E-state index contributed by atoms with van der Waals surface area (Å²) in [5.74, 6) is 0. The predicted molar refractivity (Wildman–Crippen MR) is 28.6 cm³/mol. The van der Waals surface area contributed by atoms with Crippen LogP contribution in [0.4, 0.5) is 0 Å². The standard InChI is InChI=1S/C4H9N3/c1-3(6)4(7)2-5/h6-7H,2,5H2,1H3/p+2. The van der Waals surface area contributed by atoms with Gasteiger partial charge in [0.1, 0.15) is 0 Å². The fourth-order valence-electron chi connectivity index (χ4n) is 0.161. The second-order valence-electron chi connectivity index (χ2n) is 1.41. The molecule has 3 heteroatoms. The van der Waals surface area contributed by atoms with Crippen LogP contribution in [0.2, 0.25) is 0 Å². The highest BCUT2D eigenvalue weighted by Crippen LogP contribution is 1.58. The molecule has 0 atom stereocenters. The van der Waals surface area contributed by atoms with Gasteiger partial charge in [-0.2, -0.15) is 0 Å². The highest BCUT2D eigenvalue weighted by Gasteiger charge is 2.04. The van der Waals surface area contributed by atoms with Crippen LogP contribution < -0.4 is 16.6 Å². The average molecular weight is 101 g/mol. The number of nitrogens with two attached hydrogens (primary N) is 3. The molecule has 0 unspecified atom stereocenters. The Morgan fingerprint density at radius 1 is 1.57 bits per heavy atom. The second kappa shape index (κ2) is 2.47. The van der Waals surface area contributed by atoms with Crippen LogP contribution in [0, 0.1) is 0 Å². The number of rotatable bonds is 2. The maximum Gasteiger partial charge on any atom is 0.252 e. The third-order valence-electron chi connectivity index (χ3n) is 0.726. The Hall–Kier alpha value is -0.700. The Morgan fingerprint density at radius 3 is 2.00 bits per heavy atom. The molecule has 0 heterocycles. The normalized spacial score (nSPS) is 8.29. The Bertz CT molecular complexity index is 95.1. The summed E-state index contributed by atoms with van der Waals surface area (Å²) in [6.45, 7) is 2.07. The van der Waals surface area contributed by atoms with Crippen molar-refractivity contribution in [2.75, 3.05) is 6.54 Å². The van der Waals surface area contributed by atoms with Crippen LogP contribution in [-0.4, -0.2) is 18.0 Å². The van der Waals surface area contributed by atoms with Gasteiger partial charge in [0.25, 0.3) is 5.71 Å².